The number of halogens is 6. The summed E-state index contributed by atoms with van der Waals surface area (Å²) < 4.78 is 1.23. The summed E-state index contributed by atoms with van der Waals surface area (Å²) in [6.07, 6.45) is 0. The maximum absolute atomic E-state index is 4.15. The maximum Gasteiger partial charge on any atom is 0.0141 e. The van der Waals surface area contributed by atoms with Crippen LogP contribution in [0.1, 0.15) is 0 Å². The minimum atomic E-state index is 0. The first-order chi connectivity index (χ1) is 3.79. The number of rotatable bonds is 0. The Kier molecular flexibility index (Phi) is 32.6. The summed E-state index contributed by atoms with van der Waals surface area (Å²) >= 11 is 6.41. The van der Waals surface area contributed by atoms with E-state index in [4.69, 9.17) is 0 Å². The summed E-state index contributed by atoms with van der Waals surface area (Å²) in [6.45, 7) is 0. The van der Waals surface area contributed by atoms with Crippen molar-refractivity contribution in [2.75, 3.05) is 0 Å². The van der Waals surface area contributed by atoms with E-state index < -0.39 is 0 Å². The lowest BCUT2D eigenvalue weighted by atomic mass is 10.4. The summed E-state index contributed by atoms with van der Waals surface area (Å²) in [5, 5.41) is 0. The van der Waals surface area contributed by atoms with Crippen molar-refractivity contribution < 1.29 is 23.5 Å². The van der Waals surface area contributed by atoms with Gasteiger partial charge in [-0.05, 0) is 40.8 Å². The van der Waals surface area contributed by atoms with Gasteiger partial charge in [0.25, 0.3) is 0 Å². The fraction of sp³-hybridized carbons (Fsp3) is 0. The maximum atomic E-state index is 4.15. The van der Waals surface area contributed by atoms with Gasteiger partial charge in [0.05, 0.1) is 0 Å². The van der Waals surface area contributed by atoms with Crippen LogP contribution in [-0.2, 0) is 0 Å². The van der Waals surface area contributed by atoms with Gasteiger partial charge < -0.3 is 0 Å². The zero-order valence-corrected chi connectivity index (χ0v) is 9.23. The quantitative estimate of drug-likeness (QED) is 0.419. The van der Waals surface area contributed by atoms with Crippen LogP contribution in [-0.4, -0.2) is 0 Å². The van der Waals surface area contributed by atoms with Crippen molar-refractivity contribution in [2.45, 2.75) is 4.90 Å². The molecule has 0 aromatic heterocycles. The Labute approximate surface area is 91.5 Å². The van der Waals surface area contributed by atoms with Crippen LogP contribution in [0.4, 0.5) is 23.5 Å². The zero-order valence-electron chi connectivity index (χ0n) is 6.18. The van der Waals surface area contributed by atoms with Crippen molar-refractivity contribution in [3.8, 4) is 0 Å². The van der Waals surface area contributed by atoms with Crippen LogP contribution in [0, 0.1) is 3.57 Å². The van der Waals surface area contributed by atoms with E-state index in [2.05, 4.69) is 35.2 Å². The number of thiol groups is 1. The highest BCUT2D eigenvalue weighted by Crippen LogP contribution is 2.09. The van der Waals surface area contributed by atoms with E-state index in [0.29, 0.717) is 0 Å². The molecule has 82 valence electrons. The molecule has 0 N–H and O–H groups in total. The third-order valence-corrected chi connectivity index (χ3v) is 1.76. The van der Waals surface area contributed by atoms with E-state index in [1.54, 1.807) is 0 Å². The first-order valence-electron chi connectivity index (χ1n) is 2.23. The van der Waals surface area contributed by atoms with E-state index >= 15 is 0 Å². The zero-order chi connectivity index (χ0) is 5.98. The van der Waals surface area contributed by atoms with Gasteiger partial charge in [-0.3, -0.25) is 23.5 Å². The molecule has 0 aliphatic carbocycles. The molecule has 0 unspecified atom stereocenters. The van der Waals surface area contributed by atoms with Gasteiger partial charge in [-0.2, -0.15) is 0 Å². The lowest BCUT2D eigenvalue weighted by Gasteiger charge is -1.88. The average molecular weight is 336 g/mol. The standard InChI is InChI=1S/C6H5IS.5FH/c7-5-2-1-3-6(8)4-5;;;;;/h1-4,8H;5*1H. The second-order valence-corrected chi connectivity index (χ2v) is 3.24. The van der Waals surface area contributed by atoms with Gasteiger partial charge in [0, 0.05) is 8.47 Å². The van der Waals surface area contributed by atoms with Gasteiger partial charge in [-0.25, -0.2) is 0 Å². The third-order valence-electron chi connectivity index (χ3n) is 0.808. The normalized spacial score (nSPS) is 5.69. The molecule has 13 heavy (non-hydrogen) atoms. The van der Waals surface area contributed by atoms with Crippen molar-refractivity contribution in [1.82, 2.24) is 0 Å². The van der Waals surface area contributed by atoms with E-state index in [-0.39, 0.29) is 23.5 Å². The third kappa shape index (κ3) is 12.0. The van der Waals surface area contributed by atoms with E-state index in [1.807, 2.05) is 24.3 Å². The predicted molar refractivity (Wildman–Crippen MR) is 58.9 cm³/mol. The van der Waals surface area contributed by atoms with Crippen molar-refractivity contribution in [3.63, 3.8) is 0 Å². The summed E-state index contributed by atoms with van der Waals surface area (Å²) in [5.41, 5.74) is 0. The molecule has 0 saturated carbocycles. The van der Waals surface area contributed by atoms with Crippen molar-refractivity contribution >= 4 is 35.2 Å². The SMILES string of the molecule is F.F.F.F.F.Sc1cccc(I)c1. The molecular formula is C6H10F5IS. The Morgan fingerprint density at radius 2 is 1.38 bits per heavy atom. The minimum Gasteiger partial charge on any atom is -0.269 e. The van der Waals surface area contributed by atoms with Crippen LogP contribution in [0.2, 0.25) is 0 Å². The molecule has 0 nitrogen and oxygen atoms in total. The van der Waals surface area contributed by atoms with Gasteiger partial charge in [0.15, 0.2) is 0 Å². The lowest BCUT2D eigenvalue weighted by Crippen LogP contribution is -1.66. The largest absolute Gasteiger partial charge is 0.269 e. The minimum absolute atomic E-state index is 0. The topological polar surface area (TPSA) is 0 Å². The average Bonchev–Trinajstić information content (AvgIpc) is 1.64. The molecule has 0 aliphatic rings. The van der Waals surface area contributed by atoms with Crippen molar-refractivity contribution in [2.24, 2.45) is 0 Å². The summed E-state index contributed by atoms with van der Waals surface area (Å²) in [7, 11) is 0. The van der Waals surface area contributed by atoms with Gasteiger partial charge in [0.2, 0.25) is 0 Å². The smallest absolute Gasteiger partial charge is 0.0141 e. The van der Waals surface area contributed by atoms with Crippen LogP contribution < -0.4 is 0 Å². The van der Waals surface area contributed by atoms with Crippen LogP contribution in [0.15, 0.2) is 29.2 Å². The van der Waals surface area contributed by atoms with E-state index in [1.165, 1.54) is 3.57 Å². The second-order valence-electron chi connectivity index (χ2n) is 1.48. The highest BCUT2D eigenvalue weighted by atomic mass is 127. The number of hydrogen-bond acceptors (Lipinski definition) is 1. The fourth-order valence-corrected chi connectivity index (χ4v) is 1.49. The fourth-order valence-electron chi connectivity index (χ4n) is 0.476. The summed E-state index contributed by atoms with van der Waals surface area (Å²) in [6, 6.07) is 8.01. The molecule has 7 heteroatoms. The molecule has 1 rings (SSSR count). The van der Waals surface area contributed by atoms with Gasteiger partial charge in [-0.1, -0.05) is 6.07 Å². The molecule has 1 aromatic rings. The molecule has 0 fully saturated rings. The number of benzene rings is 1. The molecular weight excluding hydrogens is 326 g/mol. The Morgan fingerprint density at radius 3 is 1.62 bits per heavy atom. The summed E-state index contributed by atoms with van der Waals surface area (Å²) in [5.74, 6) is 0. The van der Waals surface area contributed by atoms with Crippen LogP contribution >= 0.6 is 35.2 Å². The van der Waals surface area contributed by atoms with Crippen LogP contribution in [0.3, 0.4) is 0 Å². The lowest BCUT2D eigenvalue weighted by molar-refractivity contribution is 1.11. The first-order valence-corrected chi connectivity index (χ1v) is 3.76. The van der Waals surface area contributed by atoms with Gasteiger partial charge >= 0.3 is 0 Å². The van der Waals surface area contributed by atoms with E-state index in [9.17, 15) is 0 Å². The molecule has 0 radical (unpaired) electrons. The summed E-state index contributed by atoms with van der Waals surface area (Å²) in [4.78, 5) is 1.02. The molecule has 0 bridgehead atoms. The number of hydrogen-bond donors (Lipinski definition) is 1. The Balaban J connectivity index is -0.0000000427. The Hall–Kier alpha value is -0.0500. The molecule has 0 heterocycles. The first kappa shape index (κ1) is 29.3. The highest BCUT2D eigenvalue weighted by Gasteiger charge is 1.83. The monoisotopic (exact) mass is 336 g/mol. The van der Waals surface area contributed by atoms with Gasteiger partial charge in [0.1, 0.15) is 0 Å². The molecule has 0 atom stereocenters. The molecule has 0 aliphatic heterocycles. The van der Waals surface area contributed by atoms with Gasteiger partial charge in [-0.15, -0.1) is 12.6 Å². The molecule has 0 saturated heterocycles. The highest BCUT2D eigenvalue weighted by molar-refractivity contribution is 14.1. The second kappa shape index (κ2) is 14.5. The molecule has 1 aromatic carbocycles. The van der Waals surface area contributed by atoms with Crippen molar-refractivity contribution in [1.29, 1.82) is 0 Å². The molecule has 0 spiro atoms. The molecule has 0 amide bonds. The predicted octanol–water partition coefficient (Wildman–Crippen LogP) is 3.34. The van der Waals surface area contributed by atoms with Crippen LogP contribution in [0.5, 0.6) is 0 Å². The Bertz CT molecular complexity index is 181. The van der Waals surface area contributed by atoms with Crippen LogP contribution in [0.25, 0.3) is 0 Å². The Morgan fingerprint density at radius 1 is 0.923 bits per heavy atom. The van der Waals surface area contributed by atoms with E-state index in [0.717, 1.165) is 4.90 Å². The van der Waals surface area contributed by atoms with Crippen molar-refractivity contribution in [3.05, 3.63) is 27.8 Å².